The number of carbonyl (C=O) groups excluding carboxylic acids is 1. The summed E-state index contributed by atoms with van der Waals surface area (Å²) in [6.45, 7) is 2.19. The molecule has 3 nitrogen and oxygen atoms in total. The van der Waals surface area contributed by atoms with Gasteiger partial charge in [-0.2, -0.15) is 0 Å². The molecule has 2 saturated carbocycles. The van der Waals surface area contributed by atoms with Crippen LogP contribution < -0.4 is 0 Å². The lowest BCUT2D eigenvalue weighted by molar-refractivity contribution is -0.129. The van der Waals surface area contributed by atoms with Crippen molar-refractivity contribution in [2.75, 3.05) is 7.11 Å². The number of rotatable bonds is 1. The van der Waals surface area contributed by atoms with Gasteiger partial charge in [0.05, 0.1) is 6.10 Å². The first kappa shape index (κ1) is 14.3. The molecule has 3 aliphatic rings. The number of aromatic hydroxyl groups is 1. The SMILES string of the molecule is COC1CC2C(CCC3(C)C(=O)CCC23)c2ccc(O)cc21. The minimum absolute atomic E-state index is 0.0430. The van der Waals surface area contributed by atoms with Gasteiger partial charge in [0, 0.05) is 18.9 Å². The van der Waals surface area contributed by atoms with Gasteiger partial charge < -0.3 is 9.84 Å². The summed E-state index contributed by atoms with van der Waals surface area (Å²) in [6.07, 6.45) is 4.91. The molecule has 22 heavy (non-hydrogen) atoms. The van der Waals surface area contributed by atoms with Gasteiger partial charge in [0.2, 0.25) is 0 Å². The Labute approximate surface area is 131 Å². The molecule has 0 spiro atoms. The number of fused-ring (bicyclic) bond motifs is 5. The molecule has 0 bridgehead atoms. The van der Waals surface area contributed by atoms with Gasteiger partial charge in [0.15, 0.2) is 0 Å². The average molecular weight is 300 g/mol. The Bertz CT molecular complexity index is 623. The van der Waals surface area contributed by atoms with Gasteiger partial charge in [0.1, 0.15) is 11.5 Å². The normalized spacial score (nSPS) is 40.0. The molecule has 0 saturated heterocycles. The largest absolute Gasteiger partial charge is 0.508 e. The number of hydrogen-bond donors (Lipinski definition) is 1. The molecule has 5 atom stereocenters. The van der Waals surface area contributed by atoms with Gasteiger partial charge in [-0.15, -0.1) is 0 Å². The number of phenolic OH excluding ortho intramolecular Hbond substituents is 1. The van der Waals surface area contributed by atoms with Gasteiger partial charge in [0.25, 0.3) is 0 Å². The Morgan fingerprint density at radius 1 is 1.27 bits per heavy atom. The van der Waals surface area contributed by atoms with Crippen LogP contribution in [0.2, 0.25) is 0 Å². The van der Waals surface area contributed by atoms with Crippen molar-refractivity contribution in [3.63, 3.8) is 0 Å². The Balaban J connectivity index is 1.77. The minimum Gasteiger partial charge on any atom is -0.508 e. The first-order chi connectivity index (χ1) is 10.5. The van der Waals surface area contributed by atoms with Crippen molar-refractivity contribution in [2.45, 2.75) is 51.0 Å². The molecule has 0 aromatic heterocycles. The van der Waals surface area contributed by atoms with E-state index in [2.05, 4.69) is 13.0 Å². The predicted molar refractivity (Wildman–Crippen MR) is 83.8 cm³/mol. The summed E-state index contributed by atoms with van der Waals surface area (Å²) < 4.78 is 5.73. The third-order valence-corrected chi connectivity index (χ3v) is 6.73. The van der Waals surface area contributed by atoms with Crippen LogP contribution in [0.5, 0.6) is 5.75 Å². The van der Waals surface area contributed by atoms with Crippen LogP contribution in [0.4, 0.5) is 0 Å². The van der Waals surface area contributed by atoms with Crippen LogP contribution in [0, 0.1) is 17.3 Å². The van der Waals surface area contributed by atoms with E-state index in [0.29, 0.717) is 29.3 Å². The van der Waals surface area contributed by atoms with E-state index in [1.54, 1.807) is 13.2 Å². The molecule has 3 heteroatoms. The Kier molecular flexibility index (Phi) is 3.12. The van der Waals surface area contributed by atoms with Crippen molar-refractivity contribution in [2.24, 2.45) is 17.3 Å². The monoisotopic (exact) mass is 300 g/mol. The standard InChI is InChI=1S/C19H24O3/c1-19-8-7-13-12-4-3-11(20)9-15(12)17(22-2)10-14(13)16(19)5-6-18(19)21/h3-4,9,13-14,16-17,20H,5-8,10H2,1-2H3. The van der Waals surface area contributed by atoms with E-state index in [1.165, 1.54) is 5.56 Å². The molecule has 5 unspecified atom stereocenters. The molecule has 4 rings (SSSR count). The van der Waals surface area contributed by atoms with Crippen LogP contribution in [0.15, 0.2) is 18.2 Å². The number of ketones is 1. The summed E-state index contributed by atoms with van der Waals surface area (Å²) >= 11 is 0. The summed E-state index contributed by atoms with van der Waals surface area (Å²) in [6, 6.07) is 5.74. The highest BCUT2D eigenvalue weighted by atomic mass is 16.5. The van der Waals surface area contributed by atoms with Crippen LogP contribution >= 0.6 is 0 Å². The van der Waals surface area contributed by atoms with Gasteiger partial charge in [-0.1, -0.05) is 13.0 Å². The third kappa shape index (κ3) is 1.81. The molecule has 0 radical (unpaired) electrons. The third-order valence-electron chi connectivity index (χ3n) is 6.73. The lowest BCUT2D eigenvalue weighted by Crippen LogP contribution is -2.43. The van der Waals surface area contributed by atoms with E-state index in [-0.39, 0.29) is 11.5 Å². The molecule has 3 aliphatic carbocycles. The van der Waals surface area contributed by atoms with E-state index in [0.717, 1.165) is 37.7 Å². The summed E-state index contributed by atoms with van der Waals surface area (Å²) in [5.74, 6) is 2.34. The van der Waals surface area contributed by atoms with Gasteiger partial charge in [-0.25, -0.2) is 0 Å². The maximum absolute atomic E-state index is 12.4. The Morgan fingerprint density at radius 2 is 2.09 bits per heavy atom. The number of phenols is 1. The van der Waals surface area contributed by atoms with Crippen molar-refractivity contribution < 1.29 is 14.6 Å². The van der Waals surface area contributed by atoms with E-state index in [4.69, 9.17) is 4.74 Å². The second-order valence-electron chi connectivity index (χ2n) is 7.57. The lowest BCUT2D eigenvalue weighted by atomic mass is 9.55. The number of carbonyl (C=O) groups is 1. The summed E-state index contributed by atoms with van der Waals surface area (Å²) in [4.78, 5) is 12.4. The molecule has 0 heterocycles. The first-order valence-corrected chi connectivity index (χ1v) is 8.43. The van der Waals surface area contributed by atoms with Crippen molar-refractivity contribution >= 4 is 5.78 Å². The van der Waals surface area contributed by atoms with E-state index < -0.39 is 0 Å². The zero-order valence-corrected chi connectivity index (χ0v) is 13.3. The van der Waals surface area contributed by atoms with Crippen molar-refractivity contribution in [3.05, 3.63) is 29.3 Å². The van der Waals surface area contributed by atoms with Gasteiger partial charge >= 0.3 is 0 Å². The molecule has 0 aliphatic heterocycles. The lowest BCUT2D eigenvalue weighted by Gasteiger charge is -2.49. The van der Waals surface area contributed by atoms with Crippen molar-refractivity contribution in [1.29, 1.82) is 0 Å². The zero-order chi connectivity index (χ0) is 15.5. The van der Waals surface area contributed by atoms with Crippen LogP contribution in [-0.2, 0) is 9.53 Å². The maximum atomic E-state index is 12.4. The Morgan fingerprint density at radius 3 is 2.86 bits per heavy atom. The quantitative estimate of drug-likeness (QED) is 0.854. The molecule has 2 fully saturated rings. The summed E-state index contributed by atoms with van der Waals surface area (Å²) in [5, 5.41) is 9.82. The smallest absolute Gasteiger partial charge is 0.139 e. The zero-order valence-electron chi connectivity index (χ0n) is 13.3. The molecular formula is C19H24O3. The molecule has 1 aromatic rings. The molecule has 1 aromatic carbocycles. The van der Waals surface area contributed by atoms with Crippen molar-refractivity contribution in [3.8, 4) is 5.75 Å². The highest BCUT2D eigenvalue weighted by Crippen LogP contribution is 2.61. The first-order valence-electron chi connectivity index (χ1n) is 8.43. The van der Waals surface area contributed by atoms with E-state index in [1.807, 2.05) is 6.07 Å². The number of ether oxygens (including phenoxy) is 1. The molecular weight excluding hydrogens is 276 g/mol. The average Bonchev–Trinajstić information content (AvgIpc) is 2.82. The summed E-state index contributed by atoms with van der Waals surface area (Å²) in [7, 11) is 1.75. The molecule has 1 N–H and O–H groups in total. The predicted octanol–water partition coefficient (Wildman–Crippen LogP) is 3.96. The van der Waals surface area contributed by atoms with E-state index >= 15 is 0 Å². The topological polar surface area (TPSA) is 46.5 Å². The number of hydrogen-bond acceptors (Lipinski definition) is 3. The van der Waals surface area contributed by atoms with Crippen LogP contribution in [0.25, 0.3) is 0 Å². The van der Waals surface area contributed by atoms with Crippen LogP contribution in [0.1, 0.15) is 62.2 Å². The van der Waals surface area contributed by atoms with Crippen molar-refractivity contribution in [1.82, 2.24) is 0 Å². The number of Topliss-reactive ketones (excluding diaryl/α,β-unsaturated/α-hetero) is 1. The Hall–Kier alpha value is -1.35. The second-order valence-corrected chi connectivity index (χ2v) is 7.57. The number of benzene rings is 1. The highest BCUT2D eigenvalue weighted by Gasteiger charge is 2.55. The second kappa shape index (κ2) is 4.82. The maximum Gasteiger partial charge on any atom is 0.139 e. The fourth-order valence-corrected chi connectivity index (χ4v) is 5.55. The van der Waals surface area contributed by atoms with Gasteiger partial charge in [-0.05, 0) is 66.7 Å². The fraction of sp³-hybridized carbons (Fsp3) is 0.632. The number of methoxy groups -OCH3 is 1. The minimum atomic E-state index is -0.103. The van der Waals surface area contributed by atoms with Crippen LogP contribution in [-0.4, -0.2) is 18.0 Å². The van der Waals surface area contributed by atoms with Crippen LogP contribution in [0.3, 0.4) is 0 Å². The molecule has 0 amide bonds. The van der Waals surface area contributed by atoms with E-state index in [9.17, 15) is 9.90 Å². The molecule has 118 valence electrons. The van der Waals surface area contributed by atoms with Gasteiger partial charge in [-0.3, -0.25) is 4.79 Å². The summed E-state index contributed by atoms with van der Waals surface area (Å²) in [5.41, 5.74) is 2.38. The fourth-order valence-electron chi connectivity index (χ4n) is 5.55. The highest BCUT2D eigenvalue weighted by molar-refractivity contribution is 5.87.